The normalized spacial score (nSPS) is 11.5. The zero-order valence-electron chi connectivity index (χ0n) is 12.7. The van der Waals surface area contributed by atoms with Crippen molar-refractivity contribution in [3.8, 4) is 17.6 Å². The topological polar surface area (TPSA) is 35.0 Å². The van der Waals surface area contributed by atoms with Gasteiger partial charge in [0.1, 0.15) is 18.1 Å². The summed E-state index contributed by atoms with van der Waals surface area (Å²) in [4.78, 5) is 8.79. The predicted molar refractivity (Wildman–Crippen MR) is 86.5 cm³/mol. The third-order valence-electron chi connectivity index (χ3n) is 3.00. The van der Waals surface area contributed by atoms with Crippen LogP contribution in [0.3, 0.4) is 0 Å². The fourth-order valence-corrected chi connectivity index (χ4v) is 1.92. The van der Waals surface area contributed by atoms with Crippen LogP contribution in [0.4, 0.5) is 4.39 Å². The van der Waals surface area contributed by atoms with E-state index in [0.29, 0.717) is 25.1 Å². The van der Waals surface area contributed by atoms with Crippen LogP contribution in [0.15, 0.2) is 37.1 Å². The van der Waals surface area contributed by atoms with Gasteiger partial charge in [0.05, 0.1) is 23.4 Å². The molecule has 1 heterocycles. The van der Waals surface area contributed by atoms with Crippen molar-refractivity contribution in [2.24, 2.45) is 0 Å². The van der Waals surface area contributed by atoms with E-state index in [9.17, 15) is 4.39 Å². The maximum atomic E-state index is 12.7. The highest BCUT2D eigenvalue weighted by molar-refractivity contribution is 5.76. The maximum absolute atomic E-state index is 12.7. The first-order valence-corrected chi connectivity index (χ1v) is 7.32. The highest BCUT2D eigenvalue weighted by atomic mass is 19.1. The summed E-state index contributed by atoms with van der Waals surface area (Å²) in [7, 11) is 0. The number of ether oxygens (including phenoxy) is 1. The molecule has 0 fully saturated rings. The number of hydrogen-bond donors (Lipinski definition) is 0. The lowest BCUT2D eigenvalue weighted by Crippen LogP contribution is -1.94. The molecule has 0 saturated carbocycles. The van der Waals surface area contributed by atoms with Crippen LogP contribution in [0.5, 0.6) is 5.75 Å². The minimum Gasteiger partial charge on any atom is -0.489 e. The van der Waals surface area contributed by atoms with E-state index in [2.05, 4.69) is 28.4 Å². The van der Waals surface area contributed by atoms with E-state index >= 15 is 0 Å². The van der Waals surface area contributed by atoms with Gasteiger partial charge in [0.2, 0.25) is 0 Å². The Morgan fingerprint density at radius 1 is 1.41 bits per heavy atom. The van der Waals surface area contributed by atoms with Gasteiger partial charge in [-0.25, -0.2) is 9.37 Å². The summed E-state index contributed by atoms with van der Waals surface area (Å²) in [6.07, 6.45) is 4.55. The second kappa shape index (κ2) is 8.14. The van der Waals surface area contributed by atoms with Gasteiger partial charge < -0.3 is 4.74 Å². The van der Waals surface area contributed by atoms with E-state index in [4.69, 9.17) is 4.74 Å². The summed E-state index contributed by atoms with van der Waals surface area (Å²) in [6.45, 7) is 5.63. The first-order valence-electron chi connectivity index (χ1n) is 7.32. The molecule has 0 amide bonds. The van der Waals surface area contributed by atoms with Crippen LogP contribution < -0.4 is 4.74 Å². The highest BCUT2D eigenvalue weighted by Gasteiger charge is 2.01. The number of unbranched alkanes of at least 4 members (excludes halogenated alkanes) is 1. The lowest BCUT2D eigenvalue weighted by molar-refractivity contribution is 0.336. The average Bonchev–Trinajstić information content (AvgIpc) is 2.52. The molecule has 1 aromatic carbocycles. The second-order valence-corrected chi connectivity index (χ2v) is 4.98. The van der Waals surface area contributed by atoms with E-state index in [1.54, 1.807) is 19.2 Å². The van der Waals surface area contributed by atoms with E-state index in [0.717, 1.165) is 23.2 Å². The number of rotatable bonds is 6. The Labute approximate surface area is 130 Å². The Balaban J connectivity index is 2.04. The van der Waals surface area contributed by atoms with Gasteiger partial charge in [0.25, 0.3) is 0 Å². The Bertz CT molecular complexity index is 701. The molecule has 2 aromatic rings. The molecule has 1 unspecified atom stereocenters. The molecule has 0 bridgehead atoms. The largest absolute Gasteiger partial charge is 0.489 e. The van der Waals surface area contributed by atoms with Crippen LogP contribution in [0, 0.1) is 11.8 Å². The highest BCUT2D eigenvalue weighted by Crippen LogP contribution is 2.17. The zero-order chi connectivity index (χ0) is 15.8. The third kappa shape index (κ3) is 4.85. The summed E-state index contributed by atoms with van der Waals surface area (Å²) in [5, 5.41) is 0. The van der Waals surface area contributed by atoms with Gasteiger partial charge in [0, 0.05) is 12.5 Å². The second-order valence-electron chi connectivity index (χ2n) is 4.98. The van der Waals surface area contributed by atoms with Crippen molar-refractivity contribution in [3.63, 3.8) is 0 Å². The minimum atomic E-state index is -0.764. The Hall–Kier alpha value is -2.41. The first-order chi connectivity index (χ1) is 10.7. The van der Waals surface area contributed by atoms with Crippen LogP contribution in [-0.2, 0) is 0 Å². The van der Waals surface area contributed by atoms with Gasteiger partial charge in [-0.15, -0.1) is 0 Å². The van der Waals surface area contributed by atoms with Gasteiger partial charge in [-0.2, -0.15) is 0 Å². The summed E-state index contributed by atoms with van der Waals surface area (Å²) in [6, 6.07) is 5.54. The van der Waals surface area contributed by atoms with Crippen molar-refractivity contribution in [2.75, 3.05) is 6.61 Å². The molecule has 0 aliphatic rings. The van der Waals surface area contributed by atoms with Crippen molar-refractivity contribution in [3.05, 3.63) is 42.7 Å². The van der Waals surface area contributed by atoms with E-state index in [1.807, 2.05) is 18.2 Å². The fraction of sp³-hybridized carbons (Fsp3) is 0.333. The number of halogens is 1. The van der Waals surface area contributed by atoms with Gasteiger partial charge in [-0.05, 0) is 37.8 Å². The molecule has 0 spiro atoms. The molecule has 0 aliphatic heterocycles. The van der Waals surface area contributed by atoms with E-state index in [-0.39, 0.29) is 0 Å². The maximum Gasteiger partial charge on any atom is 0.132 e. The molecular weight excluding hydrogens is 279 g/mol. The summed E-state index contributed by atoms with van der Waals surface area (Å²) < 4.78 is 18.1. The van der Waals surface area contributed by atoms with Crippen LogP contribution >= 0.6 is 0 Å². The summed E-state index contributed by atoms with van der Waals surface area (Å²) in [5.41, 5.74) is 2.16. The Kier molecular flexibility index (Phi) is 5.91. The number of alkyl halides is 1. The molecule has 1 atom stereocenters. The SMILES string of the molecule is C=CCOc1ccc2nc(C#CCCCC(C)F)cnc2c1. The number of hydrogen-bond acceptors (Lipinski definition) is 3. The predicted octanol–water partition coefficient (Wildman–Crippen LogP) is 4.07. The number of aromatic nitrogens is 2. The standard InChI is InChI=1S/C18H19FN2O/c1-3-11-22-16-9-10-17-18(12-16)20-13-15(21-17)8-6-4-5-7-14(2)19/h3,9-10,12-14H,1,4-5,7,11H2,2H3. The Morgan fingerprint density at radius 3 is 3.05 bits per heavy atom. The monoisotopic (exact) mass is 298 g/mol. The first kappa shape index (κ1) is 16.0. The number of fused-ring (bicyclic) bond motifs is 1. The van der Waals surface area contributed by atoms with Crippen LogP contribution in [0.2, 0.25) is 0 Å². The molecule has 1 aromatic heterocycles. The smallest absolute Gasteiger partial charge is 0.132 e. The van der Waals surface area contributed by atoms with Gasteiger partial charge in [-0.1, -0.05) is 18.6 Å². The molecule has 114 valence electrons. The van der Waals surface area contributed by atoms with E-state index in [1.165, 1.54) is 0 Å². The molecule has 2 rings (SSSR count). The van der Waals surface area contributed by atoms with Crippen LogP contribution in [-0.4, -0.2) is 22.7 Å². The van der Waals surface area contributed by atoms with Crippen molar-refractivity contribution in [1.82, 2.24) is 9.97 Å². The molecule has 3 nitrogen and oxygen atoms in total. The molecule has 0 aliphatic carbocycles. The van der Waals surface area contributed by atoms with Crippen LogP contribution in [0.1, 0.15) is 31.9 Å². The van der Waals surface area contributed by atoms with Crippen LogP contribution in [0.25, 0.3) is 11.0 Å². The van der Waals surface area contributed by atoms with Gasteiger partial charge in [-0.3, -0.25) is 4.98 Å². The zero-order valence-corrected chi connectivity index (χ0v) is 12.7. The number of nitrogens with zero attached hydrogens (tertiary/aromatic N) is 2. The minimum absolute atomic E-state index is 0.458. The van der Waals surface area contributed by atoms with Gasteiger partial charge >= 0.3 is 0 Å². The quantitative estimate of drug-likeness (QED) is 0.458. The van der Waals surface area contributed by atoms with Crippen molar-refractivity contribution in [1.29, 1.82) is 0 Å². The fourth-order valence-electron chi connectivity index (χ4n) is 1.92. The van der Waals surface area contributed by atoms with Crippen molar-refractivity contribution >= 4 is 11.0 Å². The van der Waals surface area contributed by atoms with Crippen molar-refractivity contribution < 1.29 is 9.13 Å². The van der Waals surface area contributed by atoms with Gasteiger partial charge in [0.15, 0.2) is 0 Å². The Morgan fingerprint density at radius 2 is 2.27 bits per heavy atom. The lowest BCUT2D eigenvalue weighted by Gasteiger charge is -2.04. The van der Waals surface area contributed by atoms with E-state index < -0.39 is 6.17 Å². The third-order valence-corrected chi connectivity index (χ3v) is 3.00. The van der Waals surface area contributed by atoms with Crippen molar-refractivity contribution in [2.45, 2.75) is 32.4 Å². The molecule has 0 saturated heterocycles. The number of benzene rings is 1. The lowest BCUT2D eigenvalue weighted by atomic mass is 10.2. The molecule has 0 radical (unpaired) electrons. The summed E-state index contributed by atoms with van der Waals surface area (Å²) in [5.74, 6) is 6.71. The summed E-state index contributed by atoms with van der Waals surface area (Å²) >= 11 is 0. The molecular formula is C18H19FN2O. The molecule has 0 N–H and O–H groups in total. The molecule has 22 heavy (non-hydrogen) atoms. The average molecular weight is 298 g/mol. The molecule has 4 heteroatoms.